The molecule has 0 unspecified atom stereocenters. The maximum absolute atomic E-state index is 12.5. The number of hydrogen-bond acceptors (Lipinski definition) is 5. The van der Waals surface area contributed by atoms with Crippen molar-refractivity contribution in [2.24, 2.45) is 28.3 Å². The predicted octanol–water partition coefficient (Wildman–Crippen LogP) is 4.91. The number of carbonyl (C=O) groups is 1. The van der Waals surface area contributed by atoms with Crippen LogP contribution in [0.15, 0.2) is 45.9 Å². The van der Waals surface area contributed by atoms with Crippen molar-refractivity contribution in [3.8, 4) is 11.3 Å². The number of furan rings is 1. The zero-order valence-corrected chi connectivity index (χ0v) is 16.8. The van der Waals surface area contributed by atoms with Gasteiger partial charge < -0.3 is 4.42 Å². The van der Waals surface area contributed by atoms with E-state index in [1.54, 1.807) is 24.3 Å². The Labute approximate surface area is 174 Å². The second-order valence-electron chi connectivity index (χ2n) is 9.39. The molecule has 1 heterocycles. The summed E-state index contributed by atoms with van der Waals surface area (Å²) in [4.78, 5) is 22.8. The Kier molecular flexibility index (Phi) is 4.68. The highest BCUT2D eigenvalue weighted by atomic mass is 16.6. The maximum atomic E-state index is 12.5. The first-order valence-electron chi connectivity index (χ1n) is 10.6. The van der Waals surface area contributed by atoms with Crippen molar-refractivity contribution in [3.63, 3.8) is 0 Å². The second-order valence-corrected chi connectivity index (χ2v) is 9.39. The Hall–Kier alpha value is -2.96. The van der Waals surface area contributed by atoms with Gasteiger partial charge in [-0.3, -0.25) is 14.9 Å². The Morgan fingerprint density at radius 1 is 1.10 bits per heavy atom. The summed E-state index contributed by atoms with van der Waals surface area (Å²) in [6.45, 7) is 0. The van der Waals surface area contributed by atoms with E-state index in [2.05, 4.69) is 10.5 Å². The molecule has 0 atom stereocenters. The van der Waals surface area contributed by atoms with Crippen LogP contribution in [0.4, 0.5) is 5.69 Å². The Morgan fingerprint density at radius 2 is 1.73 bits per heavy atom. The summed E-state index contributed by atoms with van der Waals surface area (Å²) in [6.07, 6.45) is 9.77. The summed E-state index contributed by atoms with van der Waals surface area (Å²) in [6, 6.07) is 9.70. The van der Waals surface area contributed by atoms with Crippen LogP contribution >= 0.6 is 0 Å². The minimum absolute atomic E-state index is 0.0182. The highest BCUT2D eigenvalue weighted by Crippen LogP contribution is 2.61. The van der Waals surface area contributed by atoms with Crippen LogP contribution in [0.1, 0.15) is 50.7 Å². The number of nitrogens with one attached hydrogen (secondary N) is 1. The average molecular weight is 407 g/mol. The van der Waals surface area contributed by atoms with Crippen LogP contribution < -0.4 is 5.43 Å². The van der Waals surface area contributed by atoms with Crippen LogP contribution in [-0.2, 0) is 4.79 Å². The van der Waals surface area contributed by atoms with Crippen LogP contribution in [0.5, 0.6) is 0 Å². The molecule has 4 aliphatic carbocycles. The molecule has 1 amide bonds. The van der Waals surface area contributed by atoms with Gasteiger partial charge in [0.2, 0.25) is 5.91 Å². The van der Waals surface area contributed by atoms with Gasteiger partial charge >= 0.3 is 0 Å². The lowest BCUT2D eigenvalue weighted by molar-refractivity contribution is -0.384. The topological polar surface area (TPSA) is 97.7 Å². The van der Waals surface area contributed by atoms with Crippen molar-refractivity contribution >= 4 is 17.8 Å². The summed E-state index contributed by atoms with van der Waals surface area (Å²) in [5.41, 5.74) is 3.64. The molecule has 4 fully saturated rings. The van der Waals surface area contributed by atoms with Gasteiger partial charge in [0.15, 0.2) is 0 Å². The fourth-order valence-electron chi connectivity index (χ4n) is 6.38. The predicted molar refractivity (Wildman–Crippen MR) is 112 cm³/mol. The SMILES string of the molecule is O=C(CC12CC3CC(CC(C3)C1)C2)N/N=C\c1ccc(-c2ccc([N+](=O)[O-])cc2)o1. The summed E-state index contributed by atoms with van der Waals surface area (Å²) < 4.78 is 5.72. The summed E-state index contributed by atoms with van der Waals surface area (Å²) in [5.74, 6) is 3.57. The molecular formula is C23H25N3O4. The zero-order valence-electron chi connectivity index (χ0n) is 16.8. The van der Waals surface area contributed by atoms with Gasteiger partial charge in [-0.05, 0) is 86.0 Å². The number of nitro groups is 1. The lowest BCUT2D eigenvalue weighted by atomic mass is 9.49. The van der Waals surface area contributed by atoms with E-state index in [1.165, 1.54) is 56.9 Å². The number of rotatable bonds is 6. The van der Waals surface area contributed by atoms with Crippen molar-refractivity contribution in [2.45, 2.75) is 44.9 Å². The van der Waals surface area contributed by atoms with Crippen molar-refractivity contribution in [1.82, 2.24) is 5.43 Å². The monoisotopic (exact) mass is 407 g/mol. The Bertz CT molecular complexity index is 957. The molecule has 1 aromatic carbocycles. The van der Waals surface area contributed by atoms with E-state index in [0.717, 1.165) is 23.3 Å². The largest absolute Gasteiger partial charge is 0.455 e. The van der Waals surface area contributed by atoms with E-state index in [-0.39, 0.29) is 17.0 Å². The van der Waals surface area contributed by atoms with Gasteiger partial charge in [-0.1, -0.05) is 0 Å². The molecule has 6 rings (SSSR count). The van der Waals surface area contributed by atoms with E-state index in [0.29, 0.717) is 17.9 Å². The highest BCUT2D eigenvalue weighted by Gasteiger charge is 2.51. The normalized spacial score (nSPS) is 29.4. The molecule has 0 aliphatic heterocycles. The standard InChI is InChI=1S/C23H25N3O4/c27-22(13-23-10-15-7-16(11-23)9-17(8-15)12-23)25-24-14-20-5-6-21(30-20)18-1-3-19(4-2-18)26(28)29/h1-6,14-17H,7-13H2,(H,25,27)/b24-14-. The molecule has 30 heavy (non-hydrogen) atoms. The Balaban J connectivity index is 1.17. The van der Waals surface area contributed by atoms with Crippen LogP contribution in [-0.4, -0.2) is 17.0 Å². The minimum atomic E-state index is -0.434. The molecule has 4 aliphatic rings. The van der Waals surface area contributed by atoms with E-state index in [1.807, 2.05) is 0 Å². The third-order valence-corrected chi connectivity index (χ3v) is 7.07. The summed E-state index contributed by atoms with van der Waals surface area (Å²) in [7, 11) is 0. The molecular weight excluding hydrogens is 382 g/mol. The number of amides is 1. The van der Waals surface area contributed by atoms with Gasteiger partial charge in [-0.25, -0.2) is 5.43 Å². The second kappa shape index (κ2) is 7.38. The number of benzene rings is 1. The van der Waals surface area contributed by atoms with E-state index in [4.69, 9.17) is 4.42 Å². The van der Waals surface area contributed by atoms with E-state index in [9.17, 15) is 14.9 Å². The maximum Gasteiger partial charge on any atom is 0.269 e. The number of hydrogen-bond donors (Lipinski definition) is 1. The number of non-ortho nitro benzene ring substituents is 1. The molecule has 1 aromatic heterocycles. The first kappa shape index (κ1) is 19.0. The van der Waals surface area contributed by atoms with Crippen LogP contribution in [0.3, 0.4) is 0 Å². The molecule has 0 spiro atoms. The summed E-state index contributed by atoms with van der Waals surface area (Å²) >= 11 is 0. The number of hydrazone groups is 1. The molecule has 0 radical (unpaired) electrons. The fourth-order valence-corrected chi connectivity index (χ4v) is 6.38. The smallest absolute Gasteiger partial charge is 0.269 e. The lowest BCUT2D eigenvalue weighted by Crippen LogP contribution is -2.47. The molecule has 7 heteroatoms. The van der Waals surface area contributed by atoms with Crippen molar-refractivity contribution in [3.05, 3.63) is 52.3 Å². The average Bonchev–Trinajstić information content (AvgIpc) is 3.15. The summed E-state index contributed by atoms with van der Waals surface area (Å²) in [5, 5.41) is 14.8. The minimum Gasteiger partial charge on any atom is -0.455 e. The van der Waals surface area contributed by atoms with Crippen molar-refractivity contribution < 1.29 is 14.1 Å². The number of nitrogens with zero attached hydrogens (tertiary/aromatic N) is 2. The van der Waals surface area contributed by atoms with Gasteiger partial charge in [0.25, 0.3) is 5.69 Å². The van der Waals surface area contributed by atoms with Gasteiger partial charge in [0.05, 0.1) is 11.1 Å². The highest BCUT2D eigenvalue weighted by molar-refractivity contribution is 5.81. The quantitative estimate of drug-likeness (QED) is 0.418. The molecule has 0 saturated heterocycles. The molecule has 2 aromatic rings. The molecule has 7 nitrogen and oxygen atoms in total. The molecule has 4 bridgehead atoms. The molecule has 1 N–H and O–H groups in total. The third kappa shape index (κ3) is 3.76. The van der Waals surface area contributed by atoms with Gasteiger partial charge in [0.1, 0.15) is 11.5 Å². The van der Waals surface area contributed by atoms with Crippen molar-refractivity contribution in [1.29, 1.82) is 0 Å². The third-order valence-electron chi connectivity index (χ3n) is 7.07. The zero-order chi connectivity index (χ0) is 20.7. The number of carbonyl (C=O) groups excluding carboxylic acids is 1. The van der Waals surface area contributed by atoms with Gasteiger partial charge in [-0.2, -0.15) is 5.10 Å². The fraction of sp³-hybridized carbons (Fsp3) is 0.478. The molecule has 156 valence electrons. The first-order valence-corrected chi connectivity index (χ1v) is 10.6. The van der Waals surface area contributed by atoms with Crippen LogP contribution in [0.2, 0.25) is 0 Å². The van der Waals surface area contributed by atoms with E-state index < -0.39 is 4.92 Å². The van der Waals surface area contributed by atoms with Gasteiger partial charge in [-0.15, -0.1) is 0 Å². The van der Waals surface area contributed by atoms with E-state index >= 15 is 0 Å². The number of nitro benzene ring substituents is 1. The lowest BCUT2D eigenvalue weighted by Gasteiger charge is -2.56. The molecule has 4 saturated carbocycles. The van der Waals surface area contributed by atoms with Crippen molar-refractivity contribution in [2.75, 3.05) is 0 Å². The van der Waals surface area contributed by atoms with Crippen LogP contribution in [0.25, 0.3) is 11.3 Å². The Morgan fingerprint density at radius 3 is 2.33 bits per heavy atom. The van der Waals surface area contributed by atoms with Crippen LogP contribution in [0, 0.1) is 33.3 Å². The first-order chi connectivity index (χ1) is 14.5. The van der Waals surface area contributed by atoms with Gasteiger partial charge in [0, 0.05) is 24.1 Å².